The van der Waals surface area contributed by atoms with Gasteiger partial charge in [-0.15, -0.1) is 0 Å². The Morgan fingerprint density at radius 3 is 2.53 bits per heavy atom. The van der Waals surface area contributed by atoms with Crippen molar-refractivity contribution in [1.82, 2.24) is 4.57 Å². The number of aromatic nitrogens is 1. The van der Waals surface area contributed by atoms with Gasteiger partial charge in [0.25, 0.3) is 0 Å². The van der Waals surface area contributed by atoms with Gasteiger partial charge in [0.1, 0.15) is 29.8 Å². The van der Waals surface area contributed by atoms with Crippen LogP contribution < -0.4 is 0 Å². The van der Waals surface area contributed by atoms with Crippen LogP contribution in [0.5, 0.6) is 0 Å². The molecule has 0 aliphatic carbocycles. The fourth-order valence-corrected chi connectivity index (χ4v) is 3.91. The van der Waals surface area contributed by atoms with Crippen LogP contribution >= 0.6 is 11.6 Å². The van der Waals surface area contributed by atoms with E-state index in [0.29, 0.717) is 0 Å². The zero-order valence-electron chi connectivity index (χ0n) is 15.9. The highest BCUT2D eigenvalue weighted by molar-refractivity contribution is 6.31. The Morgan fingerprint density at radius 2 is 1.77 bits per heavy atom. The van der Waals surface area contributed by atoms with Crippen molar-refractivity contribution >= 4 is 28.4 Å². The number of ether oxygens (including phenoxy) is 1. The van der Waals surface area contributed by atoms with Crippen molar-refractivity contribution in [3.05, 3.63) is 106 Å². The average Bonchev–Trinajstić information content (AvgIpc) is 3.36. The number of rotatable bonds is 4. The van der Waals surface area contributed by atoms with Crippen molar-refractivity contribution in [2.45, 2.75) is 12.6 Å². The Bertz CT molecular complexity index is 1240. The van der Waals surface area contributed by atoms with Crippen LogP contribution in [-0.2, 0) is 11.3 Å². The molecular weight excluding hydrogens is 406 g/mol. The van der Waals surface area contributed by atoms with Crippen LogP contribution in [0.1, 0.15) is 22.7 Å². The number of benzene rings is 3. The standard InChI is InChI=1S/C24H17ClF2N2O/c25-18-8-9-22-17(12-18)10-11-29(22)13-15-4-6-16(7-5-15)21-14-30-24(28-21)23-19(26)2-1-3-20(23)27/h1-12,21H,13-14H2. The molecule has 1 unspecified atom stereocenters. The summed E-state index contributed by atoms with van der Waals surface area (Å²) in [4.78, 5) is 4.40. The second kappa shape index (κ2) is 7.58. The van der Waals surface area contributed by atoms with Gasteiger partial charge in [0, 0.05) is 28.7 Å². The van der Waals surface area contributed by atoms with Gasteiger partial charge in [0.05, 0.1) is 0 Å². The third kappa shape index (κ3) is 3.46. The van der Waals surface area contributed by atoms with Crippen LogP contribution in [0.4, 0.5) is 8.78 Å². The van der Waals surface area contributed by atoms with E-state index in [9.17, 15) is 8.78 Å². The van der Waals surface area contributed by atoms with Crippen molar-refractivity contribution in [3.8, 4) is 0 Å². The second-order valence-corrected chi connectivity index (χ2v) is 7.68. The second-order valence-electron chi connectivity index (χ2n) is 7.25. The number of nitrogens with zero attached hydrogens (tertiary/aromatic N) is 2. The van der Waals surface area contributed by atoms with Gasteiger partial charge < -0.3 is 9.30 Å². The molecule has 0 N–H and O–H groups in total. The van der Waals surface area contributed by atoms with Gasteiger partial charge in [-0.1, -0.05) is 41.9 Å². The lowest BCUT2D eigenvalue weighted by Crippen LogP contribution is -2.07. The highest BCUT2D eigenvalue weighted by Crippen LogP contribution is 2.28. The minimum atomic E-state index is -0.676. The van der Waals surface area contributed by atoms with E-state index in [-0.39, 0.29) is 24.1 Å². The van der Waals surface area contributed by atoms with E-state index < -0.39 is 11.6 Å². The maximum Gasteiger partial charge on any atom is 0.222 e. The van der Waals surface area contributed by atoms with E-state index in [1.165, 1.54) is 18.2 Å². The maximum absolute atomic E-state index is 14.0. The molecule has 0 saturated carbocycles. The Hall–Kier alpha value is -3.18. The first kappa shape index (κ1) is 18.8. The van der Waals surface area contributed by atoms with E-state index in [2.05, 4.69) is 9.56 Å². The molecule has 1 atom stereocenters. The number of fused-ring (bicyclic) bond motifs is 1. The summed E-state index contributed by atoms with van der Waals surface area (Å²) in [6.07, 6.45) is 2.04. The number of aliphatic imine (C=N–C) groups is 1. The Labute approximate surface area is 177 Å². The first-order valence-corrected chi connectivity index (χ1v) is 9.94. The molecular formula is C24H17ClF2N2O. The highest BCUT2D eigenvalue weighted by Gasteiger charge is 2.26. The van der Waals surface area contributed by atoms with Crippen molar-refractivity contribution in [3.63, 3.8) is 0 Å². The van der Waals surface area contributed by atoms with Gasteiger partial charge in [-0.05, 0) is 47.5 Å². The SMILES string of the molecule is Fc1cccc(F)c1C1=NC(c2ccc(Cn3ccc4cc(Cl)ccc43)cc2)CO1. The van der Waals surface area contributed by atoms with E-state index >= 15 is 0 Å². The van der Waals surface area contributed by atoms with E-state index in [0.717, 1.165) is 33.6 Å². The smallest absolute Gasteiger partial charge is 0.222 e. The lowest BCUT2D eigenvalue weighted by atomic mass is 10.1. The topological polar surface area (TPSA) is 26.5 Å². The summed E-state index contributed by atoms with van der Waals surface area (Å²) in [6.45, 7) is 0.979. The molecule has 1 aromatic heterocycles. The van der Waals surface area contributed by atoms with Gasteiger partial charge in [0.2, 0.25) is 5.90 Å². The lowest BCUT2D eigenvalue weighted by molar-refractivity contribution is 0.317. The van der Waals surface area contributed by atoms with E-state index in [4.69, 9.17) is 16.3 Å². The summed E-state index contributed by atoms with van der Waals surface area (Å²) in [6, 6.07) is 19.4. The third-order valence-corrected chi connectivity index (χ3v) is 5.51. The zero-order chi connectivity index (χ0) is 20.7. The number of halogens is 3. The fourth-order valence-electron chi connectivity index (χ4n) is 3.73. The van der Waals surface area contributed by atoms with Gasteiger partial charge in [-0.2, -0.15) is 0 Å². The molecule has 30 heavy (non-hydrogen) atoms. The summed E-state index contributed by atoms with van der Waals surface area (Å²) in [7, 11) is 0. The summed E-state index contributed by atoms with van der Waals surface area (Å²) < 4.78 is 35.6. The van der Waals surface area contributed by atoms with Gasteiger partial charge in [-0.3, -0.25) is 0 Å². The summed E-state index contributed by atoms with van der Waals surface area (Å²) in [5.41, 5.74) is 2.98. The quantitative estimate of drug-likeness (QED) is 0.388. The van der Waals surface area contributed by atoms with Crippen LogP contribution in [0, 0.1) is 11.6 Å². The summed E-state index contributed by atoms with van der Waals surface area (Å²) in [5.74, 6) is -1.34. The van der Waals surface area contributed by atoms with Crippen LogP contribution in [0.3, 0.4) is 0 Å². The molecule has 0 fully saturated rings. The number of hydrogen-bond acceptors (Lipinski definition) is 2. The average molecular weight is 423 g/mol. The predicted molar refractivity (Wildman–Crippen MR) is 114 cm³/mol. The van der Waals surface area contributed by atoms with Crippen LogP contribution in [0.25, 0.3) is 10.9 Å². The minimum Gasteiger partial charge on any atom is -0.475 e. The molecule has 0 amide bonds. The molecule has 0 bridgehead atoms. The number of hydrogen-bond donors (Lipinski definition) is 0. The van der Waals surface area contributed by atoms with Crippen molar-refractivity contribution < 1.29 is 13.5 Å². The van der Waals surface area contributed by atoms with Gasteiger partial charge in [-0.25, -0.2) is 13.8 Å². The molecule has 3 aromatic carbocycles. The molecule has 1 aliphatic heterocycles. The van der Waals surface area contributed by atoms with Gasteiger partial charge >= 0.3 is 0 Å². The summed E-state index contributed by atoms with van der Waals surface area (Å²) in [5, 5.41) is 1.82. The highest BCUT2D eigenvalue weighted by atomic mass is 35.5. The molecule has 1 aliphatic rings. The molecule has 0 radical (unpaired) electrons. The van der Waals surface area contributed by atoms with Crippen molar-refractivity contribution in [2.24, 2.45) is 4.99 Å². The monoisotopic (exact) mass is 422 g/mol. The normalized spacial score (nSPS) is 16.0. The van der Waals surface area contributed by atoms with Gasteiger partial charge in [0.15, 0.2) is 0 Å². The summed E-state index contributed by atoms with van der Waals surface area (Å²) >= 11 is 6.06. The molecule has 5 rings (SSSR count). The predicted octanol–water partition coefficient (Wildman–Crippen LogP) is 6.14. The Morgan fingerprint density at radius 1 is 1.00 bits per heavy atom. The van der Waals surface area contributed by atoms with Crippen LogP contribution in [0.15, 0.2) is 77.9 Å². The molecule has 0 spiro atoms. The maximum atomic E-state index is 14.0. The van der Waals surface area contributed by atoms with Crippen molar-refractivity contribution in [1.29, 1.82) is 0 Å². The molecule has 4 aromatic rings. The lowest BCUT2D eigenvalue weighted by Gasteiger charge is -2.09. The van der Waals surface area contributed by atoms with Crippen LogP contribution in [0.2, 0.25) is 5.02 Å². The Balaban J connectivity index is 1.36. The fraction of sp³-hybridized carbons (Fsp3) is 0.125. The van der Waals surface area contributed by atoms with Crippen molar-refractivity contribution in [2.75, 3.05) is 6.61 Å². The third-order valence-electron chi connectivity index (χ3n) is 5.28. The van der Waals surface area contributed by atoms with E-state index in [1.54, 1.807) is 0 Å². The minimum absolute atomic E-state index is 0.0112. The molecule has 2 heterocycles. The Kier molecular flexibility index (Phi) is 4.75. The molecule has 0 saturated heterocycles. The molecule has 3 nitrogen and oxygen atoms in total. The van der Waals surface area contributed by atoms with Crippen LogP contribution in [-0.4, -0.2) is 17.1 Å². The van der Waals surface area contributed by atoms with E-state index in [1.807, 2.05) is 54.7 Å². The molecule has 6 heteroatoms. The first-order valence-electron chi connectivity index (χ1n) is 9.57. The zero-order valence-corrected chi connectivity index (χ0v) is 16.6. The first-order chi connectivity index (χ1) is 14.6. The largest absolute Gasteiger partial charge is 0.475 e. The molecule has 150 valence electrons.